The number of hydrogen-bond donors (Lipinski definition) is 1. The first-order valence-corrected chi connectivity index (χ1v) is 10.2. The molecule has 1 amide bonds. The number of nitrogens with one attached hydrogen (secondary N) is 1. The zero-order valence-electron chi connectivity index (χ0n) is 14.7. The lowest BCUT2D eigenvalue weighted by molar-refractivity contribution is -0.117. The molecular formula is C18H25N3OS2. The SMILES string of the molecule is CCCSc1nnc(NC(=O)C(C)c2ccc(CC(C)C)cc2)s1. The van der Waals surface area contributed by atoms with E-state index in [1.54, 1.807) is 11.8 Å². The van der Waals surface area contributed by atoms with Crippen LogP contribution in [0.15, 0.2) is 28.6 Å². The summed E-state index contributed by atoms with van der Waals surface area (Å²) in [4.78, 5) is 12.4. The standard InChI is InChI=1S/C18H25N3OS2/c1-5-10-23-18-21-20-17(24-18)19-16(22)13(4)15-8-6-14(7-9-15)11-12(2)3/h6-9,12-13H,5,10-11H2,1-4H3,(H,19,20,22). The van der Waals surface area contributed by atoms with Crippen LogP contribution < -0.4 is 5.32 Å². The molecule has 0 aliphatic carbocycles. The van der Waals surface area contributed by atoms with E-state index in [2.05, 4.69) is 48.4 Å². The van der Waals surface area contributed by atoms with Crippen LogP contribution in [0.3, 0.4) is 0 Å². The average molecular weight is 364 g/mol. The molecule has 1 aromatic carbocycles. The fourth-order valence-electron chi connectivity index (χ4n) is 2.29. The number of amides is 1. The van der Waals surface area contributed by atoms with Crippen molar-refractivity contribution in [3.63, 3.8) is 0 Å². The normalized spacial score (nSPS) is 12.4. The second kappa shape index (κ2) is 9.18. The van der Waals surface area contributed by atoms with Gasteiger partial charge in [0.2, 0.25) is 11.0 Å². The maximum atomic E-state index is 12.4. The Bertz CT molecular complexity index is 653. The van der Waals surface area contributed by atoms with Gasteiger partial charge in [-0.2, -0.15) is 0 Å². The molecule has 0 aliphatic heterocycles. The smallest absolute Gasteiger partial charge is 0.233 e. The van der Waals surface area contributed by atoms with Gasteiger partial charge in [-0.1, -0.05) is 68.1 Å². The monoisotopic (exact) mass is 363 g/mol. The second-order valence-corrected chi connectivity index (χ2v) is 8.59. The lowest BCUT2D eigenvalue weighted by Gasteiger charge is -2.12. The van der Waals surface area contributed by atoms with E-state index in [0.29, 0.717) is 11.0 Å². The molecule has 24 heavy (non-hydrogen) atoms. The zero-order chi connectivity index (χ0) is 17.5. The van der Waals surface area contributed by atoms with Crippen LogP contribution in [0.1, 0.15) is 51.2 Å². The molecule has 1 unspecified atom stereocenters. The van der Waals surface area contributed by atoms with Gasteiger partial charge in [0.05, 0.1) is 5.92 Å². The predicted molar refractivity (Wildman–Crippen MR) is 103 cm³/mol. The van der Waals surface area contributed by atoms with Gasteiger partial charge >= 0.3 is 0 Å². The fraction of sp³-hybridized carbons (Fsp3) is 0.500. The molecule has 4 nitrogen and oxygen atoms in total. The highest BCUT2D eigenvalue weighted by Gasteiger charge is 2.17. The maximum absolute atomic E-state index is 12.4. The molecule has 0 aliphatic rings. The number of thioether (sulfide) groups is 1. The molecule has 0 fully saturated rings. The lowest BCUT2D eigenvalue weighted by atomic mass is 9.96. The first kappa shape index (κ1) is 18.9. The molecule has 1 aromatic heterocycles. The topological polar surface area (TPSA) is 54.9 Å². The van der Waals surface area contributed by atoms with Gasteiger partial charge in [-0.15, -0.1) is 10.2 Å². The molecule has 0 saturated heterocycles. The summed E-state index contributed by atoms with van der Waals surface area (Å²) in [7, 11) is 0. The minimum absolute atomic E-state index is 0.0465. The van der Waals surface area contributed by atoms with Gasteiger partial charge in [-0.25, -0.2) is 0 Å². The van der Waals surface area contributed by atoms with Gasteiger partial charge in [0, 0.05) is 5.75 Å². The predicted octanol–water partition coefficient (Wildman–Crippen LogP) is 4.98. The quantitative estimate of drug-likeness (QED) is 0.531. The summed E-state index contributed by atoms with van der Waals surface area (Å²) in [6, 6.07) is 8.32. The van der Waals surface area contributed by atoms with E-state index in [1.807, 2.05) is 19.1 Å². The van der Waals surface area contributed by atoms with Gasteiger partial charge in [0.25, 0.3) is 0 Å². The first-order chi connectivity index (χ1) is 11.5. The third-order valence-electron chi connectivity index (χ3n) is 3.58. The summed E-state index contributed by atoms with van der Waals surface area (Å²) in [6.07, 6.45) is 2.15. The first-order valence-electron chi connectivity index (χ1n) is 8.35. The van der Waals surface area contributed by atoms with Gasteiger partial charge in [0.15, 0.2) is 4.34 Å². The van der Waals surface area contributed by atoms with Crippen LogP contribution in [0.4, 0.5) is 5.13 Å². The summed E-state index contributed by atoms with van der Waals surface area (Å²) in [5.41, 5.74) is 2.33. The van der Waals surface area contributed by atoms with Crippen molar-refractivity contribution >= 4 is 34.1 Å². The van der Waals surface area contributed by atoms with Crippen molar-refractivity contribution in [2.75, 3.05) is 11.1 Å². The molecule has 0 bridgehead atoms. The van der Waals surface area contributed by atoms with Crippen LogP contribution in [0.5, 0.6) is 0 Å². The number of carbonyl (C=O) groups excluding carboxylic acids is 1. The maximum Gasteiger partial charge on any atom is 0.233 e. The van der Waals surface area contributed by atoms with Crippen LogP contribution in [0.2, 0.25) is 0 Å². The van der Waals surface area contributed by atoms with Gasteiger partial charge in [0.1, 0.15) is 0 Å². The number of hydrogen-bond acceptors (Lipinski definition) is 5. The molecule has 2 rings (SSSR count). The highest BCUT2D eigenvalue weighted by atomic mass is 32.2. The highest BCUT2D eigenvalue weighted by Crippen LogP contribution is 2.27. The van der Waals surface area contributed by atoms with Crippen LogP contribution in [0.25, 0.3) is 0 Å². The molecule has 2 aromatic rings. The number of anilines is 1. The van der Waals surface area contributed by atoms with Crippen LogP contribution >= 0.6 is 23.1 Å². The van der Waals surface area contributed by atoms with Crippen molar-refractivity contribution in [3.8, 4) is 0 Å². The fourth-order valence-corrected chi connectivity index (χ4v) is 3.97. The average Bonchev–Trinajstić information content (AvgIpc) is 2.99. The largest absolute Gasteiger partial charge is 0.300 e. The minimum atomic E-state index is -0.214. The number of benzene rings is 1. The molecule has 0 saturated carbocycles. The Balaban J connectivity index is 1.95. The summed E-state index contributed by atoms with van der Waals surface area (Å²) in [5, 5.41) is 11.6. The van der Waals surface area contributed by atoms with E-state index < -0.39 is 0 Å². The Morgan fingerprint density at radius 2 is 1.92 bits per heavy atom. The summed E-state index contributed by atoms with van der Waals surface area (Å²) >= 11 is 3.10. The summed E-state index contributed by atoms with van der Waals surface area (Å²) in [6.45, 7) is 8.46. The number of carbonyl (C=O) groups is 1. The summed E-state index contributed by atoms with van der Waals surface area (Å²) < 4.78 is 0.901. The van der Waals surface area contributed by atoms with Crippen molar-refractivity contribution in [3.05, 3.63) is 35.4 Å². The van der Waals surface area contributed by atoms with E-state index in [1.165, 1.54) is 16.9 Å². The van der Waals surface area contributed by atoms with Gasteiger partial charge in [-0.05, 0) is 36.8 Å². The molecule has 6 heteroatoms. The molecule has 130 valence electrons. The molecule has 1 atom stereocenters. The van der Waals surface area contributed by atoms with Crippen molar-refractivity contribution < 1.29 is 4.79 Å². The van der Waals surface area contributed by atoms with E-state index in [9.17, 15) is 4.79 Å². The van der Waals surface area contributed by atoms with E-state index in [-0.39, 0.29) is 11.8 Å². The molecular weight excluding hydrogens is 338 g/mol. The third kappa shape index (κ3) is 5.60. The lowest BCUT2D eigenvalue weighted by Crippen LogP contribution is -2.18. The van der Waals surface area contributed by atoms with Crippen molar-refractivity contribution in [1.82, 2.24) is 10.2 Å². The zero-order valence-corrected chi connectivity index (χ0v) is 16.3. The van der Waals surface area contributed by atoms with Gasteiger partial charge < -0.3 is 0 Å². The Labute approximate surface area is 152 Å². The molecule has 0 spiro atoms. The highest BCUT2D eigenvalue weighted by molar-refractivity contribution is 8.01. The summed E-state index contributed by atoms with van der Waals surface area (Å²) in [5.74, 6) is 1.39. The van der Waals surface area contributed by atoms with Crippen LogP contribution in [-0.2, 0) is 11.2 Å². The number of nitrogens with zero attached hydrogens (tertiary/aromatic N) is 2. The van der Waals surface area contributed by atoms with Crippen molar-refractivity contribution in [1.29, 1.82) is 0 Å². The minimum Gasteiger partial charge on any atom is -0.300 e. The van der Waals surface area contributed by atoms with Crippen LogP contribution in [-0.4, -0.2) is 21.9 Å². The van der Waals surface area contributed by atoms with Gasteiger partial charge in [-0.3, -0.25) is 10.1 Å². The third-order valence-corrected chi connectivity index (χ3v) is 5.76. The Morgan fingerprint density at radius 1 is 1.21 bits per heavy atom. The Kier molecular flexibility index (Phi) is 7.24. The van der Waals surface area contributed by atoms with E-state index in [0.717, 1.165) is 28.5 Å². The van der Waals surface area contributed by atoms with E-state index in [4.69, 9.17) is 0 Å². The number of aromatic nitrogens is 2. The second-order valence-electron chi connectivity index (χ2n) is 6.27. The molecule has 0 radical (unpaired) electrons. The molecule has 1 heterocycles. The Hall–Kier alpha value is -1.40. The Morgan fingerprint density at radius 3 is 2.54 bits per heavy atom. The number of rotatable bonds is 8. The molecule has 1 N–H and O–H groups in total. The van der Waals surface area contributed by atoms with Crippen molar-refractivity contribution in [2.45, 2.75) is 50.8 Å². The van der Waals surface area contributed by atoms with Crippen molar-refractivity contribution in [2.24, 2.45) is 5.92 Å². The van der Waals surface area contributed by atoms with Crippen LogP contribution in [0, 0.1) is 5.92 Å². The van der Waals surface area contributed by atoms with E-state index >= 15 is 0 Å².